The monoisotopic (exact) mass is 215 g/mol. The SMILES string of the molecule is FC1(C#CCBr)C=CC=CN1. The molecule has 0 aromatic heterocycles. The molecular formula is C8H7BrFN. The van der Waals surface area contributed by atoms with Crippen molar-refractivity contribution >= 4 is 15.9 Å². The first-order valence-corrected chi connectivity index (χ1v) is 4.26. The van der Waals surface area contributed by atoms with Crippen LogP contribution in [0.3, 0.4) is 0 Å². The van der Waals surface area contributed by atoms with E-state index < -0.39 is 5.79 Å². The fraction of sp³-hybridized carbons (Fsp3) is 0.250. The molecule has 1 unspecified atom stereocenters. The summed E-state index contributed by atoms with van der Waals surface area (Å²) in [5.41, 5.74) is 0. The third kappa shape index (κ3) is 2.39. The molecule has 1 aliphatic heterocycles. The van der Waals surface area contributed by atoms with Gasteiger partial charge in [0.05, 0.1) is 5.33 Å². The minimum atomic E-state index is -1.68. The molecule has 0 aromatic rings. The summed E-state index contributed by atoms with van der Waals surface area (Å²) in [5, 5.41) is 2.99. The lowest BCUT2D eigenvalue weighted by Crippen LogP contribution is -2.34. The van der Waals surface area contributed by atoms with Gasteiger partial charge in [-0.15, -0.1) is 0 Å². The second-order valence-electron chi connectivity index (χ2n) is 2.01. The Bertz CT molecular complexity index is 249. The Morgan fingerprint density at radius 3 is 2.91 bits per heavy atom. The molecular weight excluding hydrogens is 209 g/mol. The zero-order valence-corrected chi connectivity index (χ0v) is 7.36. The number of alkyl halides is 2. The molecule has 0 radical (unpaired) electrons. The Kier molecular flexibility index (Phi) is 2.72. The minimum Gasteiger partial charge on any atom is -0.346 e. The fourth-order valence-electron chi connectivity index (χ4n) is 0.701. The molecule has 1 heterocycles. The highest BCUT2D eigenvalue weighted by atomic mass is 79.9. The van der Waals surface area contributed by atoms with Crippen LogP contribution in [0.25, 0.3) is 0 Å². The van der Waals surface area contributed by atoms with Crippen molar-refractivity contribution in [3.8, 4) is 11.8 Å². The van der Waals surface area contributed by atoms with Crippen molar-refractivity contribution < 1.29 is 4.39 Å². The molecule has 1 atom stereocenters. The van der Waals surface area contributed by atoms with Gasteiger partial charge in [-0.05, 0) is 18.1 Å². The third-order valence-electron chi connectivity index (χ3n) is 1.16. The maximum Gasteiger partial charge on any atom is 0.261 e. The summed E-state index contributed by atoms with van der Waals surface area (Å²) in [7, 11) is 0. The lowest BCUT2D eigenvalue weighted by molar-refractivity contribution is 0.277. The van der Waals surface area contributed by atoms with Gasteiger partial charge in [0.2, 0.25) is 0 Å². The predicted octanol–water partition coefficient (Wildman–Crippen LogP) is 1.72. The van der Waals surface area contributed by atoms with E-state index in [9.17, 15) is 4.39 Å². The molecule has 0 bridgehead atoms. The van der Waals surface area contributed by atoms with E-state index in [2.05, 4.69) is 33.1 Å². The molecule has 0 aliphatic carbocycles. The van der Waals surface area contributed by atoms with Crippen LogP contribution in [0.4, 0.5) is 4.39 Å². The van der Waals surface area contributed by atoms with Crippen molar-refractivity contribution in [1.82, 2.24) is 5.32 Å². The van der Waals surface area contributed by atoms with E-state index in [-0.39, 0.29) is 0 Å². The third-order valence-corrected chi connectivity index (χ3v) is 1.44. The van der Waals surface area contributed by atoms with E-state index in [0.29, 0.717) is 5.33 Å². The van der Waals surface area contributed by atoms with Crippen molar-refractivity contribution in [2.45, 2.75) is 5.79 Å². The lowest BCUT2D eigenvalue weighted by atomic mass is 10.2. The second kappa shape index (κ2) is 3.59. The number of nitrogens with one attached hydrogen (secondary N) is 1. The van der Waals surface area contributed by atoms with E-state index in [1.54, 1.807) is 12.2 Å². The summed E-state index contributed by atoms with van der Waals surface area (Å²) >= 11 is 3.09. The molecule has 1 rings (SSSR count). The number of hydrogen-bond donors (Lipinski definition) is 1. The maximum atomic E-state index is 13.3. The average molecular weight is 216 g/mol. The first-order valence-electron chi connectivity index (χ1n) is 3.14. The van der Waals surface area contributed by atoms with Crippen LogP contribution >= 0.6 is 15.9 Å². The normalized spacial score (nSPS) is 27.1. The largest absolute Gasteiger partial charge is 0.346 e. The van der Waals surface area contributed by atoms with Crippen LogP contribution in [0.2, 0.25) is 0 Å². The fourth-order valence-corrected chi connectivity index (χ4v) is 0.841. The molecule has 1 aliphatic rings. The van der Waals surface area contributed by atoms with Crippen molar-refractivity contribution in [1.29, 1.82) is 0 Å². The van der Waals surface area contributed by atoms with Crippen LogP contribution in [0.1, 0.15) is 0 Å². The highest BCUT2D eigenvalue weighted by Gasteiger charge is 2.21. The number of hydrogen-bond acceptors (Lipinski definition) is 1. The predicted molar refractivity (Wildman–Crippen MR) is 46.8 cm³/mol. The summed E-state index contributed by atoms with van der Waals surface area (Å²) < 4.78 is 13.3. The van der Waals surface area contributed by atoms with Gasteiger partial charge >= 0.3 is 0 Å². The summed E-state index contributed by atoms with van der Waals surface area (Å²) in [5.74, 6) is 3.36. The van der Waals surface area contributed by atoms with Gasteiger partial charge in [-0.2, -0.15) is 0 Å². The number of allylic oxidation sites excluding steroid dienone is 2. The zero-order chi connectivity index (χ0) is 8.16. The Morgan fingerprint density at radius 1 is 1.55 bits per heavy atom. The average Bonchev–Trinajstić information content (AvgIpc) is 2.03. The highest BCUT2D eigenvalue weighted by Crippen LogP contribution is 2.10. The van der Waals surface area contributed by atoms with Gasteiger partial charge < -0.3 is 5.32 Å². The molecule has 11 heavy (non-hydrogen) atoms. The van der Waals surface area contributed by atoms with Gasteiger partial charge in [-0.3, -0.25) is 0 Å². The topological polar surface area (TPSA) is 12.0 Å². The standard InChI is InChI=1S/C8H7BrFN/c9-6-3-5-8(10)4-1-2-7-11-8/h1-2,4,7,11H,6H2. The molecule has 3 heteroatoms. The summed E-state index contributed by atoms with van der Waals surface area (Å²) in [6, 6.07) is 0. The lowest BCUT2D eigenvalue weighted by Gasteiger charge is -2.16. The van der Waals surface area contributed by atoms with Gasteiger partial charge in [0.25, 0.3) is 5.79 Å². The van der Waals surface area contributed by atoms with Gasteiger partial charge in [0, 0.05) is 6.20 Å². The quantitative estimate of drug-likeness (QED) is 0.369. The summed E-state index contributed by atoms with van der Waals surface area (Å²) in [6.07, 6.45) is 6.25. The van der Waals surface area contributed by atoms with Gasteiger partial charge in [-0.1, -0.05) is 27.9 Å². The molecule has 0 spiro atoms. The first-order chi connectivity index (χ1) is 5.27. The maximum absolute atomic E-state index is 13.3. The van der Waals surface area contributed by atoms with Crippen molar-refractivity contribution in [2.75, 3.05) is 5.33 Å². The van der Waals surface area contributed by atoms with Crippen LogP contribution in [0, 0.1) is 11.8 Å². The van der Waals surface area contributed by atoms with Crippen molar-refractivity contribution in [2.24, 2.45) is 0 Å². The smallest absolute Gasteiger partial charge is 0.261 e. The van der Waals surface area contributed by atoms with E-state index in [4.69, 9.17) is 0 Å². The molecule has 0 amide bonds. The van der Waals surface area contributed by atoms with Gasteiger partial charge in [-0.25, -0.2) is 4.39 Å². The molecule has 0 fully saturated rings. The Balaban J connectivity index is 2.68. The van der Waals surface area contributed by atoms with Crippen LogP contribution in [-0.4, -0.2) is 11.1 Å². The van der Waals surface area contributed by atoms with E-state index in [1.807, 2.05) is 0 Å². The minimum absolute atomic E-state index is 0.484. The van der Waals surface area contributed by atoms with E-state index in [1.165, 1.54) is 12.3 Å². The van der Waals surface area contributed by atoms with Crippen molar-refractivity contribution in [3.63, 3.8) is 0 Å². The van der Waals surface area contributed by atoms with E-state index >= 15 is 0 Å². The number of dihydropyridines is 1. The second-order valence-corrected chi connectivity index (χ2v) is 2.57. The number of halogens is 2. The molecule has 1 nitrogen and oxygen atoms in total. The molecule has 0 saturated carbocycles. The molecule has 1 N–H and O–H groups in total. The summed E-state index contributed by atoms with van der Waals surface area (Å²) in [4.78, 5) is 0. The zero-order valence-electron chi connectivity index (χ0n) is 5.77. The van der Waals surface area contributed by atoms with Crippen LogP contribution < -0.4 is 5.32 Å². The van der Waals surface area contributed by atoms with Crippen LogP contribution in [0.5, 0.6) is 0 Å². The highest BCUT2D eigenvalue weighted by molar-refractivity contribution is 9.09. The van der Waals surface area contributed by atoms with Crippen LogP contribution in [-0.2, 0) is 0 Å². The Hall–Kier alpha value is -0.750. The van der Waals surface area contributed by atoms with E-state index in [0.717, 1.165) is 0 Å². The summed E-state index contributed by atoms with van der Waals surface area (Å²) in [6.45, 7) is 0. The Morgan fingerprint density at radius 2 is 2.36 bits per heavy atom. The molecule has 0 saturated heterocycles. The van der Waals surface area contributed by atoms with Crippen LogP contribution in [0.15, 0.2) is 24.4 Å². The molecule has 58 valence electrons. The Labute approximate surface area is 73.5 Å². The van der Waals surface area contributed by atoms with Gasteiger partial charge in [0.15, 0.2) is 0 Å². The number of rotatable bonds is 0. The van der Waals surface area contributed by atoms with Gasteiger partial charge in [0.1, 0.15) is 0 Å². The first kappa shape index (κ1) is 8.35. The molecule has 0 aromatic carbocycles. The van der Waals surface area contributed by atoms with Crippen molar-refractivity contribution in [3.05, 3.63) is 24.4 Å².